The summed E-state index contributed by atoms with van der Waals surface area (Å²) in [4.78, 5) is 19.8. The fourth-order valence-electron chi connectivity index (χ4n) is 3.61. The number of rotatable bonds is 2. The molecule has 10 heteroatoms. The lowest BCUT2D eigenvalue weighted by Crippen LogP contribution is -2.19. The van der Waals surface area contributed by atoms with Crippen molar-refractivity contribution in [3.8, 4) is 22.4 Å². The third kappa shape index (κ3) is 3.20. The van der Waals surface area contributed by atoms with E-state index in [-0.39, 0.29) is 16.8 Å². The second-order valence-corrected chi connectivity index (χ2v) is 7.19. The quantitative estimate of drug-likeness (QED) is 0.301. The number of pyridine rings is 2. The van der Waals surface area contributed by atoms with Crippen molar-refractivity contribution in [1.29, 1.82) is 0 Å². The number of fused-ring (bicyclic) bond motifs is 3. The van der Waals surface area contributed by atoms with Crippen LogP contribution in [0.3, 0.4) is 0 Å². The van der Waals surface area contributed by atoms with Crippen molar-refractivity contribution in [1.82, 2.24) is 24.1 Å². The molecule has 0 saturated heterocycles. The summed E-state index contributed by atoms with van der Waals surface area (Å²) in [6.45, 7) is 0. The van der Waals surface area contributed by atoms with Crippen LogP contribution in [-0.2, 0) is 13.2 Å². The van der Waals surface area contributed by atoms with Crippen LogP contribution >= 0.6 is 0 Å². The molecule has 5 rings (SSSR count). The van der Waals surface area contributed by atoms with E-state index in [0.717, 1.165) is 12.3 Å². The molecule has 160 valence electrons. The number of alkyl halides is 3. The zero-order valence-electron chi connectivity index (χ0n) is 16.4. The molecule has 0 unspecified atom stereocenters. The van der Waals surface area contributed by atoms with E-state index < -0.39 is 17.8 Å². The Bertz CT molecular complexity index is 1570. The van der Waals surface area contributed by atoms with Gasteiger partial charge in [-0.25, -0.2) is 9.50 Å². The van der Waals surface area contributed by atoms with Crippen LogP contribution in [0.5, 0.6) is 0 Å². The van der Waals surface area contributed by atoms with E-state index in [1.807, 2.05) is 0 Å². The monoisotopic (exact) mass is 439 g/mol. The zero-order chi connectivity index (χ0) is 22.6. The summed E-state index contributed by atoms with van der Waals surface area (Å²) in [7, 11) is 1.56. The lowest BCUT2D eigenvalue weighted by molar-refractivity contribution is -0.141. The van der Waals surface area contributed by atoms with Gasteiger partial charge in [0, 0.05) is 37.1 Å². The molecule has 0 radical (unpaired) electrons. The van der Waals surface area contributed by atoms with Crippen LogP contribution < -0.4 is 5.56 Å². The number of hydrogen-bond acceptors (Lipinski definition) is 4. The lowest BCUT2D eigenvalue weighted by Gasteiger charge is -2.08. The first-order valence-corrected chi connectivity index (χ1v) is 9.40. The van der Waals surface area contributed by atoms with Crippen molar-refractivity contribution in [3.63, 3.8) is 0 Å². The third-order valence-electron chi connectivity index (χ3n) is 5.20. The van der Waals surface area contributed by atoms with Gasteiger partial charge in [0.2, 0.25) is 5.95 Å². The van der Waals surface area contributed by atoms with Gasteiger partial charge in [-0.3, -0.25) is 14.3 Å². The Morgan fingerprint density at radius 3 is 2.34 bits per heavy atom. The smallest absolute Gasteiger partial charge is 0.296 e. The van der Waals surface area contributed by atoms with Gasteiger partial charge in [0.05, 0.1) is 16.6 Å². The minimum Gasteiger partial charge on any atom is -0.296 e. The Labute approximate surface area is 177 Å². The average Bonchev–Trinajstić information content (AvgIpc) is 3.23. The lowest BCUT2D eigenvalue weighted by atomic mass is 10.1. The molecule has 1 aromatic carbocycles. The van der Waals surface area contributed by atoms with Crippen LogP contribution in [-0.4, -0.2) is 24.1 Å². The summed E-state index contributed by atoms with van der Waals surface area (Å²) >= 11 is 0. The second kappa shape index (κ2) is 6.98. The molecule has 0 bridgehead atoms. The molecule has 4 aromatic heterocycles. The maximum Gasteiger partial charge on any atom is 0.433 e. The first-order valence-electron chi connectivity index (χ1n) is 9.40. The highest BCUT2D eigenvalue weighted by molar-refractivity contribution is 5.86. The number of hydrogen-bond donors (Lipinski definition) is 0. The number of nitrogens with zero attached hydrogens (tertiary/aromatic N) is 5. The summed E-state index contributed by atoms with van der Waals surface area (Å²) in [5.41, 5.74) is 1.16. The van der Waals surface area contributed by atoms with E-state index in [0.29, 0.717) is 27.7 Å². The van der Waals surface area contributed by atoms with Gasteiger partial charge >= 0.3 is 6.18 Å². The van der Waals surface area contributed by atoms with E-state index in [2.05, 4.69) is 15.1 Å². The van der Waals surface area contributed by atoms with Gasteiger partial charge in [-0.2, -0.15) is 22.7 Å². The second-order valence-electron chi connectivity index (χ2n) is 7.19. The summed E-state index contributed by atoms with van der Waals surface area (Å²) in [5.74, 6) is -0.642. The molecule has 0 N–H and O–H groups in total. The fraction of sp³-hybridized carbons (Fsp3) is 0.0909. The van der Waals surface area contributed by atoms with Gasteiger partial charge < -0.3 is 0 Å². The average molecular weight is 439 g/mol. The molecular formula is C22H13F4N5O. The summed E-state index contributed by atoms with van der Waals surface area (Å²) in [6.07, 6.45) is -2.19. The topological polar surface area (TPSA) is 65.1 Å². The molecule has 4 heterocycles. The molecule has 32 heavy (non-hydrogen) atoms. The van der Waals surface area contributed by atoms with Crippen molar-refractivity contribution < 1.29 is 17.6 Å². The van der Waals surface area contributed by atoms with Gasteiger partial charge in [-0.15, -0.1) is 0 Å². The van der Waals surface area contributed by atoms with Crippen LogP contribution in [0.1, 0.15) is 5.69 Å². The number of aromatic nitrogens is 5. The number of aryl methyl sites for hydroxylation is 1. The van der Waals surface area contributed by atoms with Crippen molar-refractivity contribution >= 4 is 16.6 Å². The van der Waals surface area contributed by atoms with Crippen LogP contribution in [0, 0.1) is 5.95 Å². The number of halogens is 4. The Morgan fingerprint density at radius 1 is 0.875 bits per heavy atom. The summed E-state index contributed by atoms with van der Waals surface area (Å²) in [5, 5.41) is 4.82. The van der Waals surface area contributed by atoms with Crippen molar-refractivity contribution in [3.05, 3.63) is 82.9 Å². The minimum atomic E-state index is -4.59. The highest BCUT2D eigenvalue weighted by Gasteiger charge is 2.32. The number of benzene rings is 1. The minimum absolute atomic E-state index is 0.212. The molecule has 0 amide bonds. The van der Waals surface area contributed by atoms with Gasteiger partial charge in [0.1, 0.15) is 11.3 Å². The van der Waals surface area contributed by atoms with E-state index in [1.165, 1.54) is 33.5 Å². The summed E-state index contributed by atoms with van der Waals surface area (Å²) < 4.78 is 55.7. The highest BCUT2D eigenvalue weighted by Crippen LogP contribution is 2.31. The molecule has 5 aromatic rings. The molecule has 0 aliphatic rings. The SMILES string of the molecule is Cn1c(=O)c2ccc(-c3ccnc(F)c3)cc2n2nc(-c3ccnc(C(F)(F)F)c3)cc12. The molecule has 0 spiro atoms. The van der Waals surface area contributed by atoms with Crippen LogP contribution in [0.4, 0.5) is 17.6 Å². The molecule has 0 saturated carbocycles. The van der Waals surface area contributed by atoms with Crippen LogP contribution in [0.15, 0.2) is 65.7 Å². The molecule has 0 atom stereocenters. The highest BCUT2D eigenvalue weighted by atomic mass is 19.4. The predicted molar refractivity (Wildman–Crippen MR) is 109 cm³/mol. The zero-order valence-corrected chi connectivity index (χ0v) is 16.4. The van der Waals surface area contributed by atoms with Crippen molar-refractivity contribution in [2.75, 3.05) is 0 Å². The van der Waals surface area contributed by atoms with Gasteiger partial charge in [0.15, 0.2) is 0 Å². The molecule has 6 nitrogen and oxygen atoms in total. The Kier molecular flexibility index (Phi) is 4.33. The van der Waals surface area contributed by atoms with Crippen LogP contribution in [0.2, 0.25) is 0 Å². The maximum absolute atomic E-state index is 13.6. The van der Waals surface area contributed by atoms with E-state index in [4.69, 9.17) is 0 Å². The van der Waals surface area contributed by atoms with E-state index in [1.54, 1.807) is 31.3 Å². The maximum atomic E-state index is 13.6. The Morgan fingerprint density at radius 2 is 1.59 bits per heavy atom. The van der Waals surface area contributed by atoms with Crippen molar-refractivity contribution in [2.45, 2.75) is 6.18 Å². The first-order chi connectivity index (χ1) is 15.2. The summed E-state index contributed by atoms with van der Waals surface area (Å²) in [6, 6.07) is 11.7. The normalized spacial score (nSPS) is 12.0. The van der Waals surface area contributed by atoms with Crippen LogP contribution in [0.25, 0.3) is 38.9 Å². The Hall–Kier alpha value is -4.08. The predicted octanol–water partition coefficient (Wildman–Crippen LogP) is 4.47. The Balaban J connectivity index is 1.76. The van der Waals surface area contributed by atoms with E-state index in [9.17, 15) is 22.4 Å². The third-order valence-corrected chi connectivity index (χ3v) is 5.20. The largest absolute Gasteiger partial charge is 0.433 e. The van der Waals surface area contributed by atoms with Gasteiger partial charge in [0.25, 0.3) is 5.56 Å². The first kappa shape index (κ1) is 19.9. The molecular weight excluding hydrogens is 426 g/mol. The van der Waals surface area contributed by atoms with Gasteiger partial charge in [-0.1, -0.05) is 6.07 Å². The van der Waals surface area contributed by atoms with E-state index >= 15 is 0 Å². The molecule has 0 fully saturated rings. The standard InChI is InChI=1S/C22H13F4N5O/c1-30-20-11-16(14-5-6-27-18(9-14)22(24,25)26)29-31(20)17-8-12(2-3-15(17)21(30)32)13-4-7-28-19(23)10-13/h2-11H,1H3. The molecule has 0 aliphatic heterocycles. The van der Waals surface area contributed by atoms with Gasteiger partial charge in [-0.05, 0) is 41.5 Å². The molecule has 0 aliphatic carbocycles. The van der Waals surface area contributed by atoms with Crippen molar-refractivity contribution in [2.24, 2.45) is 7.05 Å². The fourth-order valence-corrected chi connectivity index (χ4v) is 3.61.